The van der Waals surface area contributed by atoms with Crippen molar-refractivity contribution in [3.8, 4) is 0 Å². The summed E-state index contributed by atoms with van der Waals surface area (Å²) in [5.41, 5.74) is -0.660. The average molecular weight is 326 g/mol. The van der Waals surface area contributed by atoms with Gasteiger partial charge in [-0.1, -0.05) is 13.8 Å². The molecule has 1 aliphatic carbocycles. The van der Waals surface area contributed by atoms with E-state index in [4.69, 9.17) is 14.2 Å². The van der Waals surface area contributed by atoms with Crippen LogP contribution in [0.5, 0.6) is 0 Å². The Labute approximate surface area is 136 Å². The molecule has 0 aromatic carbocycles. The number of cyclic esters (lactones) is 1. The molecule has 0 N–H and O–H groups in total. The summed E-state index contributed by atoms with van der Waals surface area (Å²) in [5, 5.41) is 0. The van der Waals surface area contributed by atoms with Crippen LogP contribution in [-0.2, 0) is 28.6 Å². The van der Waals surface area contributed by atoms with Gasteiger partial charge in [-0.05, 0) is 39.5 Å². The maximum absolute atomic E-state index is 12.3. The van der Waals surface area contributed by atoms with Crippen LogP contribution < -0.4 is 0 Å². The van der Waals surface area contributed by atoms with E-state index in [1.165, 1.54) is 0 Å². The van der Waals surface area contributed by atoms with Crippen molar-refractivity contribution in [3.63, 3.8) is 0 Å². The monoisotopic (exact) mass is 326 g/mol. The number of carbonyl (C=O) groups is 3. The first-order chi connectivity index (χ1) is 10.7. The molecule has 2 fully saturated rings. The van der Waals surface area contributed by atoms with E-state index in [-0.39, 0.29) is 18.4 Å². The second kappa shape index (κ2) is 6.49. The van der Waals surface area contributed by atoms with Gasteiger partial charge in [0.15, 0.2) is 0 Å². The zero-order chi connectivity index (χ0) is 17.4. The topological polar surface area (TPSA) is 78.9 Å². The molecule has 130 valence electrons. The Kier molecular flexibility index (Phi) is 5.01. The van der Waals surface area contributed by atoms with Crippen molar-refractivity contribution in [2.75, 3.05) is 6.61 Å². The number of fused-ring (bicyclic) bond motifs is 2. The minimum absolute atomic E-state index is 0.00444. The second-order valence-corrected chi connectivity index (χ2v) is 7.13. The van der Waals surface area contributed by atoms with Crippen LogP contribution in [0.2, 0.25) is 0 Å². The SMILES string of the molecule is CCOC(=O)C1C2CC(C)C1C(=O)OC2OC(=O)C(C)(C)CC. The Morgan fingerprint density at radius 2 is 1.96 bits per heavy atom. The van der Waals surface area contributed by atoms with Crippen LogP contribution in [0.25, 0.3) is 0 Å². The molecule has 0 radical (unpaired) electrons. The summed E-state index contributed by atoms with van der Waals surface area (Å²) < 4.78 is 15.9. The highest BCUT2D eigenvalue weighted by Gasteiger charge is 2.59. The van der Waals surface area contributed by atoms with Gasteiger partial charge < -0.3 is 14.2 Å². The van der Waals surface area contributed by atoms with Gasteiger partial charge in [-0.25, -0.2) is 0 Å². The molecule has 2 aliphatic rings. The fourth-order valence-electron chi connectivity index (χ4n) is 3.36. The highest BCUT2D eigenvalue weighted by atomic mass is 16.7. The van der Waals surface area contributed by atoms with Crippen LogP contribution in [-0.4, -0.2) is 30.8 Å². The predicted molar refractivity (Wildman–Crippen MR) is 80.9 cm³/mol. The smallest absolute Gasteiger partial charge is 0.314 e. The fraction of sp³-hybridized carbons (Fsp3) is 0.824. The van der Waals surface area contributed by atoms with Gasteiger partial charge in [-0.2, -0.15) is 0 Å². The lowest BCUT2D eigenvalue weighted by Crippen LogP contribution is -2.47. The largest absolute Gasteiger partial charge is 0.466 e. The maximum Gasteiger partial charge on any atom is 0.314 e. The third kappa shape index (κ3) is 3.21. The van der Waals surface area contributed by atoms with Gasteiger partial charge in [0.1, 0.15) is 0 Å². The summed E-state index contributed by atoms with van der Waals surface area (Å²) in [6, 6.07) is 0. The lowest BCUT2D eigenvalue weighted by molar-refractivity contribution is -0.222. The number of hydrogen-bond acceptors (Lipinski definition) is 6. The molecular formula is C17H26O6. The molecule has 23 heavy (non-hydrogen) atoms. The maximum atomic E-state index is 12.3. The van der Waals surface area contributed by atoms with E-state index in [0.29, 0.717) is 12.8 Å². The minimum atomic E-state index is -1.00. The molecule has 2 bridgehead atoms. The standard InChI is InChI=1S/C17H26O6/c1-6-17(4,5)16(20)23-15-10-8-9(3)11(14(19)22-15)12(10)13(18)21-7-2/h9-12,15H,6-8H2,1-5H3. The van der Waals surface area contributed by atoms with Crippen LogP contribution in [0, 0.1) is 29.1 Å². The Morgan fingerprint density at radius 1 is 1.30 bits per heavy atom. The van der Waals surface area contributed by atoms with E-state index >= 15 is 0 Å². The van der Waals surface area contributed by atoms with E-state index < -0.39 is 41.4 Å². The summed E-state index contributed by atoms with van der Waals surface area (Å²) >= 11 is 0. The number of hydrogen-bond donors (Lipinski definition) is 0. The molecule has 1 saturated carbocycles. The van der Waals surface area contributed by atoms with Gasteiger partial charge in [0.05, 0.1) is 23.9 Å². The lowest BCUT2D eigenvalue weighted by atomic mass is 9.85. The van der Waals surface area contributed by atoms with E-state index in [2.05, 4.69) is 0 Å². The molecule has 2 rings (SSSR count). The third-order valence-corrected chi connectivity index (χ3v) is 5.18. The third-order valence-electron chi connectivity index (χ3n) is 5.18. The van der Waals surface area contributed by atoms with Gasteiger partial charge >= 0.3 is 17.9 Å². The molecule has 1 heterocycles. The Morgan fingerprint density at radius 3 is 2.52 bits per heavy atom. The van der Waals surface area contributed by atoms with Gasteiger partial charge in [-0.15, -0.1) is 0 Å². The van der Waals surface area contributed by atoms with Crippen molar-refractivity contribution in [2.24, 2.45) is 29.1 Å². The molecule has 0 amide bonds. The molecule has 0 aromatic heterocycles. The quantitative estimate of drug-likeness (QED) is 0.721. The second-order valence-electron chi connectivity index (χ2n) is 7.13. The molecular weight excluding hydrogens is 300 g/mol. The molecule has 0 spiro atoms. The van der Waals surface area contributed by atoms with Crippen molar-refractivity contribution in [1.82, 2.24) is 0 Å². The normalized spacial score (nSPS) is 33.1. The van der Waals surface area contributed by atoms with Gasteiger partial charge in [0.25, 0.3) is 6.29 Å². The summed E-state index contributed by atoms with van der Waals surface area (Å²) in [5.74, 6) is -2.72. The summed E-state index contributed by atoms with van der Waals surface area (Å²) in [6.45, 7) is 9.35. The Balaban J connectivity index is 2.21. The summed E-state index contributed by atoms with van der Waals surface area (Å²) in [4.78, 5) is 36.8. The van der Waals surface area contributed by atoms with Crippen LogP contribution >= 0.6 is 0 Å². The Bertz CT molecular complexity index is 497. The van der Waals surface area contributed by atoms with Crippen molar-refractivity contribution in [2.45, 2.75) is 53.8 Å². The number of rotatable bonds is 5. The van der Waals surface area contributed by atoms with E-state index in [9.17, 15) is 14.4 Å². The van der Waals surface area contributed by atoms with Gasteiger partial charge in [-0.3, -0.25) is 14.4 Å². The number of esters is 3. The minimum Gasteiger partial charge on any atom is -0.466 e. The lowest BCUT2D eigenvalue weighted by Gasteiger charge is -2.35. The molecule has 5 atom stereocenters. The molecule has 1 saturated heterocycles. The van der Waals surface area contributed by atoms with Crippen LogP contribution in [0.3, 0.4) is 0 Å². The first kappa shape index (κ1) is 17.8. The highest BCUT2D eigenvalue weighted by molar-refractivity contribution is 5.85. The van der Waals surface area contributed by atoms with E-state index in [1.807, 2.05) is 13.8 Å². The van der Waals surface area contributed by atoms with Crippen LogP contribution in [0.15, 0.2) is 0 Å². The van der Waals surface area contributed by atoms with Crippen LogP contribution in [0.1, 0.15) is 47.5 Å². The van der Waals surface area contributed by atoms with Crippen molar-refractivity contribution < 1.29 is 28.6 Å². The van der Waals surface area contributed by atoms with E-state index in [0.717, 1.165) is 0 Å². The van der Waals surface area contributed by atoms with Crippen LogP contribution in [0.4, 0.5) is 0 Å². The Hall–Kier alpha value is -1.59. The number of ether oxygens (including phenoxy) is 3. The van der Waals surface area contributed by atoms with Gasteiger partial charge in [0, 0.05) is 5.92 Å². The molecule has 6 heteroatoms. The number of carbonyl (C=O) groups excluding carboxylic acids is 3. The zero-order valence-electron chi connectivity index (χ0n) is 14.5. The van der Waals surface area contributed by atoms with Crippen molar-refractivity contribution in [1.29, 1.82) is 0 Å². The first-order valence-corrected chi connectivity index (χ1v) is 8.31. The van der Waals surface area contributed by atoms with E-state index in [1.54, 1.807) is 20.8 Å². The highest BCUT2D eigenvalue weighted by Crippen LogP contribution is 2.49. The fourth-order valence-corrected chi connectivity index (χ4v) is 3.36. The molecule has 6 nitrogen and oxygen atoms in total. The van der Waals surface area contributed by atoms with Crippen molar-refractivity contribution >= 4 is 17.9 Å². The van der Waals surface area contributed by atoms with Crippen molar-refractivity contribution in [3.05, 3.63) is 0 Å². The molecule has 0 aromatic rings. The first-order valence-electron chi connectivity index (χ1n) is 8.31. The zero-order valence-corrected chi connectivity index (χ0v) is 14.5. The molecule has 1 aliphatic heterocycles. The summed E-state index contributed by atoms with van der Waals surface area (Å²) in [7, 11) is 0. The predicted octanol–water partition coefficient (Wildman–Crippen LogP) is 2.30. The summed E-state index contributed by atoms with van der Waals surface area (Å²) in [6.07, 6.45) is 0.207. The van der Waals surface area contributed by atoms with Gasteiger partial charge in [0.2, 0.25) is 0 Å². The molecule has 5 unspecified atom stereocenters. The average Bonchev–Trinajstić information content (AvgIpc) is 2.78.